The fraction of sp³-hybridized carbons (Fsp3) is 0.100. The Labute approximate surface area is 154 Å². The van der Waals surface area contributed by atoms with E-state index >= 15 is 0 Å². The average molecular weight is 361 g/mol. The summed E-state index contributed by atoms with van der Waals surface area (Å²) in [4.78, 5) is 42.6. The molecule has 134 valence electrons. The lowest BCUT2D eigenvalue weighted by Gasteiger charge is -2.17. The smallest absolute Gasteiger partial charge is 0.342 e. The normalized spacial score (nSPS) is 12.5. The molecule has 0 bridgehead atoms. The molecule has 7 heteroatoms. The molecule has 0 radical (unpaired) electrons. The summed E-state index contributed by atoms with van der Waals surface area (Å²) in [5.41, 5.74) is 8.09. The first-order chi connectivity index (χ1) is 13.0. The minimum absolute atomic E-state index is 0.0156. The quantitative estimate of drug-likeness (QED) is 0.550. The van der Waals surface area contributed by atoms with Crippen molar-refractivity contribution in [3.63, 3.8) is 0 Å². The Morgan fingerprint density at radius 1 is 1.07 bits per heavy atom. The number of hydrogen-bond acceptors (Lipinski definition) is 6. The van der Waals surface area contributed by atoms with E-state index in [1.54, 1.807) is 12.1 Å². The maximum absolute atomic E-state index is 13.2. The number of benzene rings is 1. The number of anilines is 1. The summed E-state index contributed by atoms with van der Waals surface area (Å²) in [7, 11) is 1.20. The SMILES string of the molecule is COC(=O)c1c2c(n(-c3ccc(C)cc3)c1N)C(=O)c1cnccc1C2=O. The highest BCUT2D eigenvalue weighted by atomic mass is 16.5. The molecule has 0 atom stereocenters. The largest absolute Gasteiger partial charge is 0.465 e. The van der Waals surface area contributed by atoms with E-state index in [9.17, 15) is 14.4 Å². The van der Waals surface area contributed by atoms with Crippen LogP contribution in [0, 0.1) is 6.92 Å². The van der Waals surface area contributed by atoms with Crippen LogP contribution < -0.4 is 5.73 Å². The van der Waals surface area contributed by atoms with Gasteiger partial charge in [-0.3, -0.25) is 19.1 Å². The molecule has 1 aliphatic rings. The number of methoxy groups -OCH3 is 1. The first-order valence-electron chi connectivity index (χ1n) is 8.18. The number of aromatic nitrogens is 2. The lowest BCUT2D eigenvalue weighted by molar-refractivity contribution is 0.0599. The molecule has 2 heterocycles. The zero-order valence-electron chi connectivity index (χ0n) is 14.6. The maximum atomic E-state index is 13.2. The molecule has 1 aliphatic carbocycles. The molecular formula is C20H15N3O4. The summed E-state index contributed by atoms with van der Waals surface area (Å²) in [5.74, 6) is -1.67. The Kier molecular flexibility index (Phi) is 3.66. The first kappa shape index (κ1) is 16.7. The van der Waals surface area contributed by atoms with Crippen molar-refractivity contribution >= 4 is 23.4 Å². The molecule has 0 spiro atoms. The number of carbonyl (C=O) groups is 3. The third-order valence-corrected chi connectivity index (χ3v) is 4.64. The number of pyridine rings is 1. The van der Waals surface area contributed by atoms with Gasteiger partial charge in [-0.15, -0.1) is 0 Å². The zero-order chi connectivity index (χ0) is 19.3. The van der Waals surface area contributed by atoms with E-state index in [0.717, 1.165) is 5.56 Å². The number of ether oxygens (including phenoxy) is 1. The van der Waals surface area contributed by atoms with E-state index in [0.29, 0.717) is 5.69 Å². The van der Waals surface area contributed by atoms with Gasteiger partial charge in [-0.25, -0.2) is 4.79 Å². The highest BCUT2D eigenvalue weighted by molar-refractivity contribution is 6.31. The predicted molar refractivity (Wildman–Crippen MR) is 97.4 cm³/mol. The van der Waals surface area contributed by atoms with E-state index < -0.39 is 17.5 Å². The number of carbonyl (C=O) groups excluding carboxylic acids is 3. The van der Waals surface area contributed by atoms with E-state index in [1.165, 1.54) is 30.1 Å². The summed E-state index contributed by atoms with van der Waals surface area (Å²) < 4.78 is 6.24. The predicted octanol–water partition coefficient (Wildman–Crippen LogP) is 2.32. The number of aryl methyl sites for hydroxylation is 1. The number of esters is 1. The summed E-state index contributed by atoms with van der Waals surface area (Å²) in [5, 5.41) is 0. The van der Waals surface area contributed by atoms with Gasteiger partial charge < -0.3 is 10.5 Å². The van der Waals surface area contributed by atoms with Crippen LogP contribution in [0.2, 0.25) is 0 Å². The van der Waals surface area contributed by atoms with Crippen molar-refractivity contribution in [3.05, 3.63) is 76.2 Å². The van der Waals surface area contributed by atoms with Gasteiger partial charge in [0.2, 0.25) is 5.78 Å². The Morgan fingerprint density at radius 3 is 2.44 bits per heavy atom. The van der Waals surface area contributed by atoms with Crippen molar-refractivity contribution in [2.45, 2.75) is 6.92 Å². The molecule has 0 aliphatic heterocycles. The van der Waals surface area contributed by atoms with Crippen LogP contribution in [0.3, 0.4) is 0 Å². The standard InChI is InChI=1S/C20H15N3O4/c1-10-3-5-11(6-4-10)23-16-14(15(19(23)21)20(26)27-2)17(24)12-7-8-22-9-13(12)18(16)25/h3-9H,21H2,1-2H3. The number of rotatable bonds is 2. The maximum Gasteiger partial charge on any atom is 0.342 e. The second-order valence-electron chi connectivity index (χ2n) is 6.23. The Hall–Kier alpha value is -3.74. The van der Waals surface area contributed by atoms with Crippen molar-refractivity contribution in [2.75, 3.05) is 12.8 Å². The molecule has 0 saturated carbocycles. The Morgan fingerprint density at radius 2 is 1.78 bits per heavy atom. The third kappa shape index (κ3) is 2.28. The summed E-state index contributed by atoms with van der Waals surface area (Å²) in [6, 6.07) is 8.69. The topological polar surface area (TPSA) is 104 Å². The molecular weight excluding hydrogens is 346 g/mol. The molecule has 3 aromatic rings. The first-order valence-corrected chi connectivity index (χ1v) is 8.18. The van der Waals surface area contributed by atoms with Gasteiger partial charge in [-0.2, -0.15) is 0 Å². The van der Waals surface area contributed by atoms with Crippen LogP contribution in [0.4, 0.5) is 5.82 Å². The summed E-state index contributed by atoms with van der Waals surface area (Å²) >= 11 is 0. The van der Waals surface area contributed by atoms with E-state index in [-0.39, 0.29) is 33.8 Å². The van der Waals surface area contributed by atoms with Gasteiger partial charge in [0.1, 0.15) is 17.1 Å². The molecule has 2 N–H and O–H groups in total. The van der Waals surface area contributed by atoms with Crippen LogP contribution in [-0.4, -0.2) is 34.2 Å². The molecule has 4 rings (SSSR count). The van der Waals surface area contributed by atoms with Gasteiger partial charge in [-0.1, -0.05) is 17.7 Å². The second-order valence-corrected chi connectivity index (χ2v) is 6.23. The van der Waals surface area contributed by atoms with Crippen molar-refractivity contribution in [2.24, 2.45) is 0 Å². The number of nitrogens with zero attached hydrogens (tertiary/aromatic N) is 2. The molecule has 0 fully saturated rings. The number of hydrogen-bond donors (Lipinski definition) is 1. The lowest BCUT2D eigenvalue weighted by atomic mass is 9.87. The van der Waals surface area contributed by atoms with Gasteiger partial charge >= 0.3 is 5.97 Å². The highest BCUT2D eigenvalue weighted by Crippen LogP contribution is 2.37. The molecule has 2 aromatic heterocycles. The van der Waals surface area contributed by atoms with Crippen molar-refractivity contribution in [3.8, 4) is 5.69 Å². The van der Waals surface area contributed by atoms with Crippen LogP contribution in [-0.2, 0) is 4.74 Å². The number of nitrogens with two attached hydrogens (primary N) is 1. The van der Waals surface area contributed by atoms with Crippen LogP contribution in [0.15, 0.2) is 42.7 Å². The lowest BCUT2D eigenvalue weighted by Crippen LogP contribution is -2.24. The van der Waals surface area contributed by atoms with E-state index in [4.69, 9.17) is 10.5 Å². The summed E-state index contributed by atoms with van der Waals surface area (Å²) in [6.07, 6.45) is 2.77. The number of ketones is 2. The van der Waals surface area contributed by atoms with E-state index in [1.807, 2.05) is 19.1 Å². The highest BCUT2D eigenvalue weighted by Gasteiger charge is 2.40. The second kappa shape index (κ2) is 5.91. The van der Waals surface area contributed by atoms with Gasteiger partial charge in [0.05, 0.1) is 18.2 Å². The molecule has 7 nitrogen and oxygen atoms in total. The van der Waals surface area contributed by atoms with Crippen LogP contribution in [0.5, 0.6) is 0 Å². The fourth-order valence-electron chi connectivity index (χ4n) is 3.33. The number of fused-ring (bicyclic) bond motifs is 2. The average Bonchev–Trinajstić information content (AvgIpc) is 2.99. The van der Waals surface area contributed by atoms with Gasteiger partial charge in [0.15, 0.2) is 5.78 Å². The Balaban J connectivity index is 2.10. The molecule has 1 aromatic carbocycles. The van der Waals surface area contributed by atoms with E-state index in [2.05, 4.69) is 4.98 Å². The third-order valence-electron chi connectivity index (χ3n) is 4.64. The zero-order valence-corrected chi connectivity index (χ0v) is 14.6. The summed E-state index contributed by atoms with van der Waals surface area (Å²) in [6.45, 7) is 1.93. The molecule has 0 saturated heterocycles. The molecule has 0 unspecified atom stereocenters. The van der Waals surface area contributed by atoms with Crippen LogP contribution >= 0.6 is 0 Å². The van der Waals surface area contributed by atoms with Crippen molar-refractivity contribution in [1.82, 2.24) is 9.55 Å². The van der Waals surface area contributed by atoms with Crippen LogP contribution in [0.25, 0.3) is 5.69 Å². The Bertz CT molecular complexity index is 1130. The van der Waals surface area contributed by atoms with Crippen molar-refractivity contribution < 1.29 is 19.1 Å². The van der Waals surface area contributed by atoms with Gasteiger partial charge in [0.25, 0.3) is 0 Å². The van der Waals surface area contributed by atoms with Gasteiger partial charge in [-0.05, 0) is 25.1 Å². The fourth-order valence-corrected chi connectivity index (χ4v) is 3.33. The number of nitrogen functional groups attached to an aromatic ring is 1. The molecule has 0 amide bonds. The van der Waals surface area contributed by atoms with Crippen LogP contribution in [0.1, 0.15) is 47.9 Å². The minimum Gasteiger partial charge on any atom is -0.465 e. The van der Waals surface area contributed by atoms with Gasteiger partial charge in [0, 0.05) is 23.6 Å². The van der Waals surface area contributed by atoms with Crippen molar-refractivity contribution in [1.29, 1.82) is 0 Å². The monoisotopic (exact) mass is 361 g/mol. The minimum atomic E-state index is -0.770. The molecule has 27 heavy (non-hydrogen) atoms.